The number of pyridine rings is 1. The second-order valence-corrected chi connectivity index (χ2v) is 4.08. The number of carbonyl (C=O) groups is 1. The number of carboxylic acids is 1. The zero-order valence-electron chi connectivity index (χ0n) is 10.7. The van der Waals surface area contributed by atoms with Gasteiger partial charge in [0.25, 0.3) is 0 Å². The summed E-state index contributed by atoms with van der Waals surface area (Å²) in [6.07, 6.45) is 1.90. The lowest BCUT2D eigenvalue weighted by Crippen LogP contribution is -2.11. The zero-order valence-corrected chi connectivity index (χ0v) is 10.7. The molecule has 2 rings (SSSR count). The van der Waals surface area contributed by atoms with E-state index in [4.69, 9.17) is 9.63 Å². The van der Waals surface area contributed by atoms with Gasteiger partial charge in [0.15, 0.2) is 5.82 Å². The molecular weight excluding hydrogens is 248 g/mol. The van der Waals surface area contributed by atoms with Gasteiger partial charge >= 0.3 is 5.97 Å². The lowest BCUT2D eigenvalue weighted by atomic mass is 10.2. The van der Waals surface area contributed by atoms with Gasteiger partial charge in [0, 0.05) is 31.8 Å². The summed E-state index contributed by atoms with van der Waals surface area (Å²) in [4.78, 5) is 19.1. The number of aromatic carboxylic acids is 1. The molecule has 2 aromatic heterocycles. The fourth-order valence-corrected chi connectivity index (χ4v) is 1.63. The molecule has 19 heavy (non-hydrogen) atoms. The number of nitrogens with zero attached hydrogens (tertiary/aromatic N) is 3. The fourth-order valence-electron chi connectivity index (χ4n) is 1.63. The number of aryl methyl sites for hydroxylation is 2. The maximum Gasteiger partial charge on any atom is 0.339 e. The van der Waals surface area contributed by atoms with Crippen molar-refractivity contribution in [1.29, 1.82) is 0 Å². The van der Waals surface area contributed by atoms with Gasteiger partial charge in [0.2, 0.25) is 5.89 Å². The molecule has 2 heterocycles. The number of nitrogens with one attached hydrogen (secondary N) is 1. The largest absolute Gasteiger partial charge is 0.478 e. The summed E-state index contributed by atoms with van der Waals surface area (Å²) in [6.45, 7) is 4.04. The Morgan fingerprint density at radius 2 is 2.26 bits per heavy atom. The van der Waals surface area contributed by atoms with Crippen LogP contribution in [0, 0.1) is 13.8 Å². The van der Waals surface area contributed by atoms with Crippen LogP contribution in [0.15, 0.2) is 16.8 Å². The van der Waals surface area contributed by atoms with Crippen molar-refractivity contribution in [3.05, 3.63) is 35.2 Å². The second-order valence-electron chi connectivity index (χ2n) is 4.08. The van der Waals surface area contributed by atoms with Crippen molar-refractivity contribution in [3.8, 4) is 0 Å². The number of aromatic nitrogens is 3. The van der Waals surface area contributed by atoms with E-state index in [1.165, 1.54) is 6.20 Å². The Labute approximate surface area is 109 Å². The van der Waals surface area contributed by atoms with Gasteiger partial charge < -0.3 is 14.9 Å². The molecule has 2 N–H and O–H groups in total. The van der Waals surface area contributed by atoms with Crippen molar-refractivity contribution < 1.29 is 14.4 Å². The van der Waals surface area contributed by atoms with Crippen LogP contribution in [0.5, 0.6) is 0 Å². The van der Waals surface area contributed by atoms with Gasteiger partial charge in [-0.15, -0.1) is 0 Å². The first-order chi connectivity index (χ1) is 9.06. The molecule has 7 heteroatoms. The van der Waals surface area contributed by atoms with Gasteiger partial charge in [0.05, 0.1) is 5.69 Å². The Bertz CT molecular complexity index is 594. The SMILES string of the molecule is Cc1cc(NCCc2noc(C)n2)c(C(=O)O)cn1. The van der Waals surface area contributed by atoms with Crippen LogP contribution >= 0.6 is 0 Å². The van der Waals surface area contributed by atoms with Gasteiger partial charge in [-0.05, 0) is 13.0 Å². The van der Waals surface area contributed by atoms with Crippen molar-refractivity contribution in [1.82, 2.24) is 15.1 Å². The van der Waals surface area contributed by atoms with Gasteiger partial charge in [-0.25, -0.2) is 4.79 Å². The number of hydrogen-bond donors (Lipinski definition) is 2. The molecule has 0 radical (unpaired) electrons. The van der Waals surface area contributed by atoms with Crippen molar-refractivity contribution in [3.63, 3.8) is 0 Å². The van der Waals surface area contributed by atoms with Gasteiger partial charge in [-0.1, -0.05) is 5.16 Å². The topological polar surface area (TPSA) is 101 Å². The van der Waals surface area contributed by atoms with Gasteiger partial charge in [-0.2, -0.15) is 4.98 Å². The molecular formula is C12H14N4O3. The molecule has 2 aromatic rings. The molecule has 0 aliphatic rings. The molecule has 0 aliphatic heterocycles. The van der Waals surface area contributed by atoms with E-state index in [0.29, 0.717) is 30.4 Å². The quantitative estimate of drug-likeness (QED) is 0.840. The Hall–Kier alpha value is -2.44. The van der Waals surface area contributed by atoms with Crippen LogP contribution in [0.3, 0.4) is 0 Å². The average Bonchev–Trinajstić information content (AvgIpc) is 2.75. The predicted molar refractivity (Wildman–Crippen MR) is 67.2 cm³/mol. The number of rotatable bonds is 5. The summed E-state index contributed by atoms with van der Waals surface area (Å²) in [5.74, 6) is 0.0963. The van der Waals surface area contributed by atoms with Crippen molar-refractivity contribution in [2.24, 2.45) is 0 Å². The molecule has 0 atom stereocenters. The van der Waals surface area contributed by atoms with Crippen LogP contribution in [-0.4, -0.2) is 32.7 Å². The van der Waals surface area contributed by atoms with Crippen molar-refractivity contribution >= 4 is 11.7 Å². The molecule has 0 aromatic carbocycles. The Balaban J connectivity index is 2.02. The molecule has 100 valence electrons. The smallest absolute Gasteiger partial charge is 0.339 e. The molecule has 0 bridgehead atoms. The molecule has 0 saturated heterocycles. The lowest BCUT2D eigenvalue weighted by Gasteiger charge is -2.08. The minimum Gasteiger partial charge on any atom is -0.478 e. The first-order valence-corrected chi connectivity index (χ1v) is 5.79. The number of hydrogen-bond acceptors (Lipinski definition) is 6. The minimum atomic E-state index is -1.01. The number of carboxylic acid groups (broad SMARTS) is 1. The van der Waals surface area contributed by atoms with E-state index in [9.17, 15) is 4.79 Å². The highest BCUT2D eigenvalue weighted by Gasteiger charge is 2.11. The van der Waals surface area contributed by atoms with E-state index < -0.39 is 5.97 Å². The van der Waals surface area contributed by atoms with E-state index >= 15 is 0 Å². The summed E-state index contributed by atoms with van der Waals surface area (Å²) >= 11 is 0. The van der Waals surface area contributed by atoms with Gasteiger partial charge in [0.1, 0.15) is 5.56 Å². The summed E-state index contributed by atoms with van der Waals surface area (Å²) in [5, 5.41) is 15.9. The van der Waals surface area contributed by atoms with Crippen molar-refractivity contribution in [2.75, 3.05) is 11.9 Å². The normalized spacial score (nSPS) is 10.4. The molecule has 0 aliphatic carbocycles. The summed E-state index contributed by atoms with van der Waals surface area (Å²) < 4.78 is 4.86. The average molecular weight is 262 g/mol. The maximum atomic E-state index is 11.0. The standard InChI is InChI=1S/C12H14N4O3/c1-7-5-10(9(6-14-7)12(17)18)13-4-3-11-15-8(2)19-16-11/h5-6H,3-4H2,1-2H3,(H,13,14)(H,17,18). The van der Waals surface area contributed by atoms with Crippen LogP contribution < -0.4 is 5.32 Å². The maximum absolute atomic E-state index is 11.0. The predicted octanol–water partition coefficient (Wildman–Crippen LogP) is 1.43. The van der Waals surface area contributed by atoms with E-state index in [0.717, 1.165) is 5.69 Å². The minimum absolute atomic E-state index is 0.148. The third-order valence-electron chi connectivity index (χ3n) is 2.50. The zero-order chi connectivity index (χ0) is 13.8. The van der Waals surface area contributed by atoms with Crippen molar-refractivity contribution in [2.45, 2.75) is 20.3 Å². The van der Waals surface area contributed by atoms with Crippen LogP contribution in [0.4, 0.5) is 5.69 Å². The van der Waals surface area contributed by atoms with Crippen LogP contribution in [0.25, 0.3) is 0 Å². The highest BCUT2D eigenvalue weighted by atomic mass is 16.5. The summed E-state index contributed by atoms with van der Waals surface area (Å²) in [6, 6.07) is 1.70. The monoisotopic (exact) mass is 262 g/mol. The van der Waals surface area contributed by atoms with Crippen LogP contribution in [-0.2, 0) is 6.42 Å². The summed E-state index contributed by atoms with van der Waals surface area (Å²) in [5.41, 5.74) is 1.44. The highest BCUT2D eigenvalue weighted by Crippen LogP contribution is 2.15. The highest BCUT2D eigenvalue weighted by molar-refractivity contribution is 5.93. The van der Waals surface area contributed by atoms with Gasteiger partial charge in [-0.3, -0.25) is 4.98 Å². The molecule has 0 unspecified atom stereocenters. The molecule has 0 fully saturated rings. The summed E-state index contributed by atoms with van der Waals surface area (Å²) in [7, 11) is 0. The van der Waals surface area contributed by atoms with E-state index in [1.807, 2.05) is 0 Å². The third kappa shape index (κ3) is 3.27. The molecule has 7 nitrogen and oxygen atoms in total. The Morgan fingerprint density at radius 1 is 1.47 bits per heavy atom. The first kappa shape index (κ1) is 13.0. The Morgan fingerprint density at radius 3 is 2.89 bits per heavy atom. The first-order valence-electron chi connectivity index (χ1n) is 5.79. The number of anilines is 1. The fraction of sp³-hybridized carbons (Fsp3) is 0.333. The van der Waals surface area contributed by atoms with Crippen LogP contribution in [0.1, 0.15) is 27.8 Å². The Kier molecular flexibility index (Phi) is 3.74. The molecule has 0 saturated carbocycles. The second kappa shape index (κ2) is 5.47. The van der Waals surface area contributed by atoms with E-state index in [2.05, 4.69) is 20.4 Å². The molecule has 0 amide bonds. The van der Waals surface area contributed by atoms with E-state index in [-0.39, 0.29) is 5.56 Å². The lowest BCUT2D eigenvalue weighted by molar-refractivity contribution is 0.0697. The van der Waals surface area contributed by atoms with Crippen LogP contribution in [0.2, 0.25) is 0 Å². The van der Waals surface area contributed by atoms with E-state index in [1.54, 1.807) is 19.9 Å². The third-order valence-corrected chi connectivity index (χ3v) is 2.50. The molecule has 0 spiro atoms.